The summed E-state index contributed by atoms with van der Waals surface area (Å²) in [4.78, 5) is 16.2. The Morgan fingerprint density at radius 2 is 0.687 bits per heavy atom. The third-order valence-corrected chi connectivity index (χ3v) is 13.1. The number of nitrogens with zero attached hydrogens (tertiary/aromatic N) is 4. The Balaban J connectivity index is 1.16. The van der Waals surface area contributed by atoms with Gasteiger partial charge in [0.15, 0.2) is 17.5 Å². The molecule has 0 fully saturated rings. The Labute approximate surface area is 387 Å². The second kappa shape index (κ2) is 15.9. The zero-order chi connectivity index (χ0) is 44.3. The van der Waals surface area contributed by atoms with Gasteiger partial charge in [-0.05, 0) is 114 Å². The topological polar surface area (TPSA) is 43.6 Å². The zero-order valence-corrected chi connectivity index (χ0v) is 36.4. The van der Waals surface area contributed by atoms with E-state index < -0.39 is 0 Å². The van der Waals surface area contributed by atoms with E-state index in [-0.39, 0.29) is 0 Å². The maximum absolute atomic E-state index is 5.49. The number of aromatic nitrogens is 4. The minimum absolute atomic E-state index is 0.599. The molecule has 4 nitrogen and oxygen atoms in total. The average Bonchev–Trinajstić information content (AvgIpc) is 3.71. The highest BCUT2D eigenvalue weighted by Crippen LogP contribution is 2.45. The molecule has 0 unspecified atom stereocenters. The highest BCUT2D eigenvalue weighted by atomic mass is 15.0. The number of hydrogen-bond donors (Lipinski definition) is 0. The van der Waals surface area contributed by atoms with Crippen LogP contribution in [0.5, 0.6) is 0 Å². The Morgan fingerprint density at radius 3 is 1.28 bits per heavy atom. The van der Waals surface area contributed by atoms with E-state index in [9.17, 15) is 0 Å². The minimum atomic E-state index is 0.599. The average molecular weight is 853 g/mol. The molecule has 0 aliphatic heterocycles. The Bertz CT molecular complexity index is 3930. The van der Waals surface area contributed by atoms with Crippen LogP contribution in [0.4, 0.5) is 0 Å². The molecule has 0 spiro atoms. The first kappa shape index (κ1) is 38.5. The molecule has 0 saturated heterocycles. The molecule has 0 radical (unpaired) electrons. The summed E-state index contributed by atoms with van der Waals surface area (Å²) in [7, 11) is 0. The maximum Gasteiger partial charge on any atom is 0.165 e. The zero-order valence-electron chi connectivity index (χ0n) is 36.4. The lowest BCUT2D eigenvalue weighted by atomic mass is 9.89. The van der Waals surface area contributed by atoms with Gasteiger partial charge < -0.3 is 4.57 Å². The molecule has 2 heterocycles. The van der Waals surface area contributed by atoms with E-state index in [1.807, 2.05) is 18.2 Å². The number of hydrogen-bond acceptors (Lipinski definition) is 3. The second-order valence-corrected chi connectivity index (χ2v) is 17.2. The van der Waals surface area contributed by atoms with Crippen molar-refractivity contribution in [2.24, 2.45) is 0 Å². The van der Waals surface area contributed by atoms with Crippen molar-refractivity contribution in [3.05, 3.63) is 243 Å². The first-order chi connectivity index (χ1) is 33.2. The van der Waals surface area contributed by atoms with Crippen molar-refractivity contribution in [1.82, 2.24) is 19.5 Å². The standard InChI is InChI=1S/C63H40N4/c1-4-17-41(18-5-1)46-29-16-30-51(33-46)55-40-53(67-58-37-49-27-14-12-25-47(49)35-56(58)57-36-48-26-13-15-28-50(48)38-59(57)67)39-54(43-20-6-2-7-21-43)60(55)63-65-61(44-22-8-3-9-23-44)64-62(66-63)52-32-31-42-19-10-11-24-45(42)34-52/h1-40H. The Kier molecular flexibility index (Phi) is 9.14. The molecule has 0 aliphatic rings. The van der Waals surface area contributed by atoms with Crippen LogP contribution in [0.2, 0.25) is 0 Å². The highest BCUT2D eigenvalue weighted by molar-refractivity contribution is 6.17. The van der Waals surface area contributed by atoms with E-state index in [1.165, 1.54) is 32.3 Å². The molecule has 312 valence electrons. The van der Waals surface area contributed by atoms with E-state index >= 15 is 0 Å². The summed E-state index contributed by atoms with van der Waals surface area (Å²) in [5.41, 5.74) is 12.5. The van der Waals surface area contributed by atoms with Gasteiger partial charge >= 0.3 is 0 Å². The molecule has 0 bridgehead atoms. The van der Waals surface area contributed by atoms with Crippen LogP contribution < -0.4 is 0 Å². The van der Waals surface area contributed by atoms with Crippen LogP contribution in [0.1, 0.15) is 0 Å². The van der Waals surface area contributed by atoms with Gasteiger partial charge in [-0.25, -0.2) is 15.0 Å². The first-order valence-electron chi connectivity index (χ1n) is 22.8. The molecule has 67 heavy (non-hydrogen) atoms. The molecule has 2 aromatic heterocycles. The van der Waals surface area contributed by atoms with E-state index in [1.54, 1.807) is 0 Å². The summed E-state index contributed by atoms with van der Waals surface area (Å²) in [5, 5.41) is 9.53. The fraction of sp³-hybridized carbons (Fsp3) is 0. The molecule has 13 aromatic rings. The Hall–Kier alpha value is -8.99. The summed E-state index contributed by atoms with van der Waals surface area (Å²) >= 11 is 0. The molecule has 4 heteroatoms. The first-order valence-corrected chi connectivity index (χ1v) is 22.8. The van der Waals surface area contributed by atoms with E-state index in [4.69, 9.17) is 15.0 Å². The SMILES string of the molecule is c1ccc(-c2cccc(-c3cc(-n4c5cc6ccccc6cc5c5cc6ccccc6cc54)cc(-c4ccccc4)c3-c3nc(-c4ccccc4)nc(-c4ccc5ccccc5c4)n3)c2)cc1. The summed E-state index contributed by atoms with van der Waals surface area (Å²) in [6.45, 7) is 0. The fourth-order valence-corrected chi connectivity index (χ4v) is 9.89. The van der Waals surface area contributed by atoms with E-state index in [0.717, 1.165) is 77.6 Å². The fourth-order valence-electron chi connectivity index (χ4n) is 9.89. The summed E-state index contributed by atoms with van der Waals surface area (Å²) < 4.78 is 2.47. The smallest absolute Gasteiger partial charge is 0.165 e. The van der Waals surface area contributed by atoms with Gasteiger partial charge in [-0.3, -0.25) is 0 Å². The van der Waals surface area contributed by atoms with Crippen molar-refractivity contribution < 1.29 is 0 Å². The van der Waals surface area contributed by atoms with Crippen molar-refractivity contribution in [1.29, 1.82) is 0 Å². The van der Waals surface area contributed by atoms with Crippen LogP contribution in [-0.2, 0) is 0 Å². The molecule has 0 aliphatic carbocycles. The van der Waals surface area contributed by atoms with Gasteiger partial charge in [0.2, 0.25) is 0 Å². The molecule has 0 N–H and O–H groups in total. The van der Waals surface area contributed by atoms with Crippen molar-refractivity contribution >= 4 is 54.1 Å². The summed E-state index contributed by atoms with van der Waals surface area (Å²) in [6, 6.07) is 86.8. The van der Waals surface area contributed by atoms with Gasteiger partial charge in [0.1, 0.15) is 0 Å². The minimum Gasteiger partial charge on any atom is -0.309 e. The third kappa shape index (κ3) is 6.82. The van der Waals surface area contributed by atoms with Crippen molar-refractivity contribution in [2.45, 2.75) is 0 Å². The second-order valence-electron chi connectivity index (χ2n) is 17.2. The molecular weight excluding hydrogens is 813 g/mol. The van der Waals surface area contributed by atoms with Crippen LogP contribution in [0.25, 0.3) is 127 Å². The van der Waals surface area contributed by atoms with Gasteiger partial charge in [0.05, 0.1) is 11.0 Å². The normalized spacial score (nSPS) is 11.6. The lowest BCUT2D eigenvalue weighted by Crippen LogP contribution is -2.04. The number of benzene rings is 11. The van der Waals surface area contributed by atoms with Crippen LogP contribution in [-0.4, -0.2) is 19.5 Å². The number of fused-ring (bicyclic) bond motifs is 6. The van der Waals surface area contributed by atoms with Crippen molar-refractivity contribution in [3.8, 4) is 73.2 Å². The van der Waals surface area contributed by atoms with Gasteiger partial charge in [-0.2, -0.15) is 0 Å². The molecule has 13 rings (SSSR count). The van der Waals surface area contributed by atoms with Crippen LogP contribution in [0.3, 0.4) is 0 Å². The maximum atomic E-state index is 5.49. The van der Waals surface area contributed by atoms with Crippen LogP contribution in [0.15, 0.2) is 243 Å². The van der Waals surface area contributed by atoms with E-state index in [2.05, 4.69) is 229 Å². The van der Waals surface area contributed by atoms with Gasteiger partial charge in [-0.1, -0.05) is 194 Å². The van der Waals surface area contributed by atoms with Gasteiger partial charge in [-0.15, -0.1) is 0 Å². The molecule has 11 aromatic carbocycles. The monoisotopic (exact) mass is 852 g/mol. The largest absolute Gasteiger partial charge is 0.309 e. The van der Waals surface area contributed by atoms with Gasteiger partial charge in [0, 0.05) is 33.2 Å². The summed E-state index contributed by atoms with van der Waals surface area (Å²) in [5.74, 6) is 1.83. The molecule has 0 atom stereocenters. The Morgan fingerprint density at radius 1 is 0.254 bits per heavy atom. The van der Waals surface area contributed by atoms with Crippen LogP contribution >= 0.6 is 0 Å². The summed E-state index contributed by atoms with van der Waals surface area (Å²) in [6.07, 6.45) is 0. The number of rotatable bonds is 7. The van der Waals surface area contributed by atoms with Crippen molar-refractivity contribution in [3.63, 3.8) is 0 Å². The lowest BCUT2D eigenvalue weighted by molar-refractivity contribution is 1.07. The molecule has 0 amide bonds. The predicted molar refractivity (Wildman–Crippen MR) is 279 cm³/mol. The van der Waals surface area contributed by atoms with Gasteiger partial charge in [0.25, 0.3) is 0 Å². The molecular formula is C63H40N4. The third-order valence-electron chi connectivity index (χ3n) is 13.1. The predicted octanol–water partition coefficient (Wildman–Crippen LogP) is 16.4. The molecule has 0 saturated carbocycles. The highest BCUT2D eigenvalue weighted by Gasteiger charge is 2.24. The van der Waals surface area contributed by atoms with Crippen LogP contribution in [0, 0.1) is 0 Å². The quantitative estimate of drug-likeness (QED) is 0.160. The lowest BCUT2D eigenvalue weighted by Gasteiger charge is -2.20. The van der Waals surface area contributed by atoms with E-state index in [0.29, 0.717) is 17.5 Å². The van der Waals surface area contributed by atoms with Crippen molar-refractivity contribution in [2.75, 3.05) is 0 Å².